The van der Waals surface area contributed by atoms with Crippen LogP contribution in [0.3, 0.4) is 0 Å². The zero-order valence-corrected chi connectivity index (χ0v) is 17.7. The van der Waals surface area contributed by atoms with Gasteiger partial charge in [-0.05, 0) is 42.7 Å². The van der Waals surface area contributed by atoms with Gasteiger partial charge < -0.3 is 10.2 Å². The molecule has 4 nitrogen and oxygen atoms in total. The van der Waals surface area contributed by atoms with Gasteiger partial charge in [-0.15, -0.1) is 0 Å². The SMILES string of the molecule is O=C(NC1CCCCC1)[C@H](c1ccc(Cl)cc1)N1CCN(c2ccccc2)CC1. The van der Waals surface area contributed by atoms with Crippen molar-refractivity contribution < 1.29 is 4.79 Å². The molecule has 1 heterocycles. The van der Waals surface area contributed by atoms with E-state index in [1.54, 1.807) is 0 Å². The molecule has 2 fully saturated rings. The van der Waals surface area contributed by atoms with Gasteiger partial charge in [0, 0.05) is 42.9 Å². The molecule has 1 atom stereocenters. The third-order valence-electron chi connectivity index (χ3n) is 6.19. The van der Waals surface area contributed by atoms with Crippen LogP contribution < -0.4 is 10.2 Å². The fraction of sp³-hybridized carbons (Fsp3) is 0.458. The van der Waals surface area contributed by atoms with Gasteiger partial charge in [0.25, 0.3) is 0 Å². The van der Waals surface area contributed by atoms with Crippen LogP contribution in [-0.2, 0) is 4.79 Å². The standard InChI is InChI=1S/C24H30ClN3O/c25-20-13-11-19(12-14-20)23(24(29)26-21-7-3-1-4-8-21)28-17-15-27(16-18-28)22-9-5-2-6-10-22/h2,5-6,9-14,21,23H,1,3-4,7-8,15-18H2,(H,26,29)/t23-/m0/s1. The molecule has 0 spiro atoms. The van der Waals surface area contributed by atoms with Gasteiger partial charge >= 0.3 is 0 Å². The van der Waals surface area contributed by atoms with E-state index >= 15 is 0 Å². The number of halogens is 1. The fourth-order valence-electron chi connectivity index (χ4n) is 4.58. The number of amides is 1. The Labute approximate surface area is 178 Å². The second-order valence-electron chi connectivity index (χ2n) is 8.16. The van der Waals surface area contributed by atoms with Gasteiger partial charge in [0.15, 0.2) is 0 Å². The molecule has 2 aromatic carbocycles. The van der Waals surface area contributed by atoms with E-state index in [2.05, 4.69) is 39.4 Å². The number of piperazine rings is 1. The van der Waals surface area contributed by atoms with Crippen LogP contribution in [-0.4, -0.2) is 43.0 Å². The van der Waals surface area contributed by atoms with E-state index in [1.807, 2.05) is 30.3 Å². The first-order chi connectivity index (χ1) is 14.2. The van der Waals surface area contributed by atoms with E-state index in [4.69, 9.17) is 11.6 Å². The van der Waals surface area contributed by atoms with Gasteiger partial charge in [0.2, 0.25) is 5.91 Å². The molecule has 0 unspecified atom stereocenters. The second kappa shape index (κ2) is 9.64. The molecule has 2 aromatic rings. The Morgan fingerprint density at radius 3 is 2.21 bits per heavy atom. The Balaban J connectivity index is 1.48. The highest BCUT2D eigenvalue weighted by molar-refractivity contribution is 6.30. The molecule has 0 aromatic heterocycles. The lowest BCUT2D eigenvalue weighted by molar-refractivity contribution is -0.127. The lowest BCUT2D eigenvalue weighted by Crippen LogP contribution is -2.52. The van der Waals surface area contributed by atoms with Crippen molar-refractivity contribution in [2.75, 3.05) is 31.1 Å². The molecule has 1 saturated carbocycles. The molecular formula is C24H30ClN3O. The van der Waals surface area contributed by atoms with Crippen molar-refractivity contribution in [1.29, 1.82) is 0 Å². The lowest BCUT2D eigenvalue weighted by Gasteiger charge is -2.40. The van der Waals surface area contributed by atoms with Crippen molar-refractivity contribution in [2.45, 2.75) is 44.2 Å². The first-order valence-corrected chi connectivity index (χ1v) is 11.2. The summed E-state index contributed by atoms with van der Waals surface area (Å²) in [6, 6.07) is 18.3. The van der Waals surface area contributed by atoms with Crippen LogP contribution in [0.4, 0.5) is 5.69 Å². The van der Waals surface area contributed by atoms with Crippen LogP contribution in [0, 0.1) is 0 Å². The Morgan fingerprint density at radius 2 is 1.55 bits per heavy atom. The smallest absolute Gasteiger partial charge is 0.242 e. The van der Waals surface area contributed by atoms with Gasteiger partial charge in [-0.3, -0.25) is 9.69 Å². The summed E-state index contributed by atoms with van der Waals surface area (Å²) >= 11 is 6.10. The Hall–Kier alpha value is -2.04. The third-order valence-corrected chi connectivity index (χ3v) is 6.44. The summed E-state index contributed by atoms with van der Waals surface area (Å²) in [4.78, 5) is 18.1. The maximum Gasteiger partial charge on any atom is 0.242 e. The van der Waals surface area contributed by atoms with Gasteiger partial charge in [0.05, 0.1) is 0 Å². The summed E-state index contributed by atoms with van der Waals surface area (Å²) in [5, 5.41) is 4.05. The highest BCUT2D eigenvalue weighted by atomic mass is 35.5. The maximum atomic E-state index is 13.3. The lowest BCUT2D eigenvalue weighted by atomic mass is 9.94. The summed E-state index contributed by atoms with van der Waals surface area (Å²) < 4.78 is 0. The Kier molecular flexibility index (Phi) is 6.73. The van der Waals surface area contributed by atoms with E-state index in [0.29, 0.717) is 11.1 Å². The molecule has 0 bridgehead atoms. The number of nitrogens with zero attached hydrogens (tertiary/aromatic N) is 2. The largest absolute Gasteiger partial charge is 0.369 e. The van der Waals surface area contributed by atoms with Gasteiger partial charge in [-0.2, -0.15) is 0 Å². The van der Waals surface area contributed by atoms with Gasteiger partial charge in [-0.1, -0.05) is 61.2 Å². The highest BCUT2D eigenvalue weighted by Gasteiger charge is 2.32. The number of carbonyl (C=O) groups is 1. The van der Waals surface area contributed by atoms with Crippen molar-refractivity contribution >= 4 is 23.2 Å². The van der Waals surface area contributed by atoms with Crippen LogP contribution in [0.15, 0.2) is 54.6 Å². The van der Waals surface area contributed by atoms with Gasteiger partial charge in [0.1, 0.15) is 6.04 Å². The second-order valence-corrected chi connectivity index (χ2v) is 8.59. The Bertz CT molecular complexity index is 782. The van der Waals surface area contributed by atoms with E-state index < -0.39 is 0 Å². The first kappa shape index (κ1) is 20.2. The third kappa shape index (κ3) is 5.12. The van der Waals surface area contributed by atoms with Crippen molar-refractivity contribution in [1.82, 2.24) is 10.2 Å². The molecule has 1 aliphatic carbocycles. The predicted molar refractivity (Wildman–Crippen MR) is 119 cm³/mol. The Morgan fingerprint density at radius 1 is 0.897 bits per heavy atom. The number of benzene rings is 2. The molecule has 154 valence electrons. The summed E-state index contributed by atoms with van der Waals surface area (Å²) in [6.07, 6.45) is 5.91. The number of hydrogen-bond donors (Lipinski definition) is 1. The molecule has 2 aliphatic rings. The number of nitrogens with one attached hydrogen (secondary N) is 1. The average molecular weight is 412 g/mol. The quantitative estimate of drug-likeness (QED) is 0.777. The average Bonchev–Trinajstić information content (AvgIpc) is 2.77. The van der Waals surface area contributed by atoms with E-state index in [9.17, 15) is 4.79 Å². The van der Waals surface area contributed by atoms with Crippen LogP contribution in [0.2, 0.25) is 5.02 Å². The van der Waals surface area contributed by atoms with Crippen LogP contribution >= 0.6 is 11.6 Å². The molecule has 1 aliphatic heterocycles. The minimum absolute atomic E-state index is 0.132. The summed E-state index contributed by atoms with van der Waals surface area (Å²) in [5.41, 5.74) is 2.28. The summed E-state index contributed by atoms with van der Waals surface area (Å²) in [7, 11) is 0. The molecule has 1 saturated heterocycles. The van der Waals surface area contributed by atoms with Crippen molar-refractivity contribution in [2.24, 2.45) is 0 Å². The zero-order chi connectivity index (χ0) is 20.1. The molecule has 4 rings (SSSR count). The fourth-order valence-corrected chi connectivity index (χ4v) is 4.70. The number of para-hydroxylation sites is 1. The number of anilines is 1. The van der Waals surface area contributed by atoms with Crippen LogP contribution in [0.1, 0.15) is 43.7 Å². The van der Waals surface area contributed by atoms with Crippen molar-refractivity contribution in [3.63, 3.8) is 0 Å². The van der Waals surface area contributed by atoms with Crippen molar-refractivity contribution in [3.05, 3.63) is 65.2 Å². The minimum Gasteiger partial charge on any atom is -0.369 e. The monoisotopic (exact) mass is 411 g/mol. The minimum atomic E-state index is -0.257. The highest BCUT2D eigenvalue weighted by Crippen LogP contribution is 2.27. The normalized spacial score (nSPS) is 19.7. The summed E-state index contributed by atoms with van der Waals surface area (Å²) in [5.74, 6) is 0.132. The van der Waals surface area contributed by atoms with Crippen LogP contribution in [0.5, 0.6) is 0 Å². The molecule has 0 radical (unpaired) electrons. The molecule has 29 heavy (non-hydrogen) atoms. The predicted octanol–water partition coefficient (Wildman–Crippen LogP) is 4.65. The molecule has 1 N–H and O–H groups in total. The van der Waals surface area contributed by atoms with Crippen molar-refractivity contribution in [3.8, 4) is 0 Å². The molecule has 1 amide bonds. The topological polar surface area (TPSA) is 35.6 Å². The number of rotatable bonds is 5. The molecule has 5 heteroatoms. The van der Waals surface area contributed by atoms with Gasteiger partial charge in [-0.25, -0.2) is 0 Å². The van der Waals surface area contributed by atoms with E-state index in [-0.39, 0.29) is 11.9 Å². The maximum absolute atomic E-state index is 13.3. The molecular weight excluding hydrogens is 382 g/mol. The van der Waals surface area contributed by atoms with E-state index in [1.165, 1.54) is 24.9 Å². The number of hydrogen-bond acceptors (Lipinski definition) is 3. The van der Waals surface area contributed by atoms with E-state index in [0.717, 1.165) is 44.6 Å². The zero-order valence-electron chi connectivity index (χ0n) is 16.9. The van der Waals surface area contributed by atoms with Crippen LogP contribution in [0.25, 0.3) is 0 Å². The number of carbonyl (C=O) groups excluding carboxylic acids is 1. The first-order valence-electron chi connectivity index (χ1n) is 10.8. The summed E-state index contributed by atoms with van der Waals surface area (Å²) in [6.45, 7) is 3.57.